The van der Waals surface area contributed by atoms with Gasteiger partial charge in [-0.15, -0.1) is 0 Å². The lowest BCUT2D eigenvalue weighted by molar-refractivity contribution is -0.156. The number of alkyl halides is 6. The van der Waals surface area contributed by atoms with E-state index < -0.39 is 57.0 Å². The first-order valence-corrected chi connectivity index (χ1v) is 7.72. The third-order valence-electron chi connectivity index (χ3n) is 3.07. The van der Waals surface area contributed by atoms with Crippen LogP contribution in [0, 0.1) is 0 Å². The Morgan fingerprint density at radius 2 is 1.00 bits per heavy atom. The summed E-state index contributed by atoms with van der Waals surface area (Å²) in [6.07, 6.45) is -9.70. The molecule has 2 aromatic carbocycles. The van der Waals surface area contributed by atoms with Crippen molar-refractivity contribution in [3.05, 3.63) is 57.6 Å². The molecule has 0 unspecified atom stereocenters. The van der Waals surface area contributed by atoms with Crippen LogP contribution in [0.2, 0.25) is 10.0 Å². The van der Waals surface area contributed by atoms with Crippen LogP contribution in [0.5, 0.6) is 11.5 Å². The lowest BCUT2D eigenvalue weighted by atomic mass is 10.2. The van der Waals surface area contributed by atoms with Crippen LogP contribution in [0.4, 0.5) is 26.3 Å². The molecular weight excluding hydrogens is 441 g/mol. The lowest BCUT2D eigenvalue weighted by Gasteiger charge is -2.12. The predicted octanol–water partition coefficient (Wildman–Crippen LogP) is 5.54. The van der Waals surface area contributed by atoms with E-state index in [-0.39, 0.29) is 0 Å². The maximum Gasteiger partial charge on any atom is 0.423 e. The van der Waals surface area contributed by atoms with Gasteiger partial charge in [-0.25, -0.2) is 9.59 Å². The van der Waals surface area contributed by atoms with Crippen molar-refractivity contribution in [2.24, 2.45) is 0 Å². The highest BCUT2D eigenvalue weighted by molar-refractivity contribution is 6.32. The van der Waals surface area contributed by atoms with Crippen LogP contribution in [0.15, 0.2) is 36.4 Å². The van der Waals surface area contributed by atoms with Gasteiger partial charge >= 0.3 is 24.3 Å². The highest BCUT2D eigenvalue weighted by Crippen LogP contribution is 2.38. The molecule has 28 heavy (non-hydrogen) atoms. The molecule has 0 fully saturated rings. The van der Waals surface area contributed by atoms with E-state index >= 15 is 0 Å². The van der Waals surface area contributed by atoms with Crippen LogP contribution in [0.25, 0.3) is 0 Å². The maximum atomic E-state index is 12.8. The van der Waals surface area contributed by atoms with E-state index in [9.17, 15) is 35.9 Å². The highest BCUT2D eigenvalue weighted by atomic mass is 35.5. The summed E-state index contributed by atoms with van der Waals surface area (Å²) >= 11 is 10.8. The van der Waals surface area contributed by atoms with E-state index in [4.69, 9.17) is 23.2 Å². The molecule has 0 aliphatic carbocycles. The summed E-state index contributed by atoms with van der Waals surface area (Å²) in [6, 6.07) is 4.08. The van der Waals surface area contributed by atoms with Crippen LogP contribution in [0.1, 0.15) is 11.1 Å². The number of halogens is 8. The first-order valence-electron chi connectivity index (χ1n) is 6.96. The predicted molar refractivity (Wildman–Crippen MR) is 84.2 cm³/mol. The van der Waals surface area contributed by atoms with Gasteiger partial charge in [0.05, 0.1) is 21.2 Å². The number of ether oxygens (including phenoxy) is 2. The van der Waals surface area contributed by atoms with Crippen LogP contribution in [-0.2, 0) is 21.9 Å². The lowest BCUT2D eigenvalue weighted by Crippen LogP contribution is -2.25. The van der Waals surface area contributed by atoms with Gasteiger partial charge in [0, 0.05) is 0 Å². The summed E-state index contributed by atoms with van der Waals surface area (Å²) in [5, 5.41) is -1.34. The minimum Gasteiger partial charge on any atom is -0.418 e. The fourth-order valence-corrected chi connectivity index (χ4v) is 2.32. The molecule has 0 radical (unpaired) electrons. The molecule has 0 atom stereocenters. The molecule has 0 aliphatic rings. The minimum absolute atomic E-state index is 0.373. The van der Waals surface area contributed by atoms with E-state index in [1.807, 2.05) is 0 Å². The molecule has 0 heterocycles. The van der Waals surface area contributed by atoms with Gasteiger partial charge in [0.25, 0.3) is 0 Å². The van der Waals surface area contributed by atoms with Gasteiger partial charge in [-0.2, -0.15) is 26.3 Å². The quantitative estimate of drug-likeness (QED) is 0.263. The smallest absolute Gasteiger partial charge is 0.418 e. The number of rotatable bonds is 2. The van der Waals surface area contributed by atoms with Crippen molar-refractivity contribution in [3.8, 4) is 11.5 Å². The van der Waals surface area contributed by atoms with E-state index in [2.05, 4.69) is 9.47 Å². The summed E-state index contributed by atoms with van der Waals surface area (Å²) in [4.78, 5) is 23.3. The molecule has 0 aliphatic heterocycles. The van der Waals surface area contributed by atoms with Crippen LogP contribution < -0.4 is 9.47 Å². The second-order valence-electron chi connectivity index (χ2n) is 5.06. The molecule has 2 aromatic rings. The minimum atomic E-state index is -4.85. The number of benzene rings is 2. The van der Waals surface area contributed by atoms with E-state index in [0.717, 1.165) is 24.3 Å². The third kappa shape index (κ3) is 5.29. The molecule has 0 aromatic heterocycles. The second kappa shape index (κ2) is 7.88. The molecule has 4 nitrogen and oxygen atoms in total. The Hall–Kier alpha value is -2.46. The van der Waals surface area contributed by atoms with Gasteiger partial charge in [0.1, 0.15) is 11.5 Å². The largest absolute Gasteiger partial charge is 0.423 e. The molecular formula is C16H6Cl2F6O4. The van der Waals surface area contributed by atoms with Crippen molar-refractivity contribution in [1.82, 2.24) is 0 Å². The van der Waals surface area contributed by atoms with Gasteiger partial charge in [-0.3, -0.25) is 0 Å². The first kappa shape index (κ1) is 21.8. The maximum absolute atomic E-state index is 12.8. The van der Waals surface area contributed by atoms with Crippen molar-refractivity contribution >= 4 is 35.1 Å². The van der Waals surface area contributed by atoms with Gasteiger partial charge in [0.15, 0.2) is 0 Å². The molecule has 0 bridgehead atoms. The zero-order valence-corrected chi connectivity index (χ0v) is 14.6. The van der Waals surface area contributed by atoms with Crippen molar-refractivity contribution < 1.29 is 45.4 Å². The Kier molecular flexibility index (Phi) is 6.15. The topological polar surface area (TPSA) is 52.6 Å². The number of carbonyl (C=O) groups is 2. The first-order chi connectivity index (χ1) is 12.8. The van der Waals surface area contributed by atoms with E-state index in [1.165, 1.54) is 0 Å². The summed E-state index contributed by atoms with van der Waals surface area (Å²) in [5.74, 6) is -4.88. The molecule has 0 spiro atoms. The van der Waals surface area contributed by atoms with Gasteiger partial charge in [-0.05, 0) is 36.4 Å². The van der Waals surface area contributed by atoms with Crippen LogP contribution in [-0.4, -0.2) is 11.9 Å². The normalized spacial score (nSPS) is 11.9. The Morgan fingerprint density at radius 1 is 0.679 bits per heavy atom. The Morgan fingerprint density at radius 3 is 1.29 bits per heavy atom. The van der Waals surface area contributed by atoms with Gasteiger partial charge < -0.3 is 9.47 Å². The van der Waals surface area contributed by atoms with Gasteiger partial charge in [-0.1, -0.05) is 23.2 Å². The third-order valence-corrected chi connectivity index (χ3v) is 3.73. The van der Waals surface area contributed by atoms with Crippen molar-refractivity contribution in [3.63, 3.8) is 0 Å². The van der Waals surface area contributed by atoms with Crippen LogP contribution >= 0.6 is 23.2 Å². The molecule has 150 valence electrons. The zero-order chi connectivity index (χ0) is 21.3. The van der Waals surface area contributed by atoms with Crippen LogP contribution in [0.3, 0.4) is 0 Å². The Balaban J connectivity index is 2.16. The van der Waals surface area contributed by atoms with Gasteiger partial charge in [0.2, 0.25) is 0 Å². The number of hydrogen-bond acceptors (Lipinski definition) is 4. The molecule has 0 saturated carbocycles. The SMILES string of the molecule is O=C(Oc1ccc(Cl)c(C(F)(F)F)c1)C(=O)Oc1ccc(Cl)c(C(F)(F)F)c1. The molecule has 0 saturated heterocycles. The summed E-state index contributed by atoms with van der Waals surface area (Å²) in [6.45, 7) is 0. The Bertz CT molecular complexity index is 849. The van der Waals surface area contributed by atoms with Crippen molar-refractivity contribution in [2.75, 3.05) is 0 Å². The second-order valence-corrected chi connectivity index (χ2v) is 5.87. The fraction of sp³-hybridized carbons (Fsp3) is 0.125. The number of carbonyl (C=O) groups excluding carboxylic acids is 2. The zero-order valence-electron chi connectivity index (χ0n) is 13.1. The molecule has 2 rings (SSSR count). The standard InChI is InChI=1S/C16H6Cl2F6O4/c17-11-3-1-7(5-9(11)15(19,20)21)27-13(25)14(26)28-8-2-4-12(18)10(6-8)16(22,23)24/h1-6H. The fourth-order valence-electron chi connectivity index (χ4n) is 1.87. The highest BCUT2D eigenvalue weighted by Gasteiger charge is 2.35. The number of hydrogen-bond donors (Lipinski definition) is 0. The van der Waals surface area contributed by atoms with Crippen molar-refractivity contribution in [1.29, 1.82) is 0 Å². The molecule has 0 N–H and O–H groups in total. The number of esters is 2. The molecule has 12 heteroatoms. The van der Waals surface area contributed by atoms with E-state index in [1.54, 1.807) is 0 Å². The Labute approximate surface area is 162 Å². The van der Waals surface area contributed by atoms with Crippen molar-refractivity contribution in [2.45, 2.75) is 12.4 Å². The summed E-state index contributed by atoms with van der Waals surface area (Å²) in [7, 11) is 0. The molecule has 0 amide bonds. The monoisotopic (exact) mass is 446 g/mol. The summed E-state index contributed by atoms with van der Waals surface area (Å²) in [5.41, 5.74) is -2.64. The summed E-state index contributed by atoms with van der Waals surface area (Å²) < 4.78 is 85.4. The van der Waals surface area contributed by atoms with E-state index in [0.29, 0.717) is 12.1 Å². The average Bonchev–Trinajstić information content (AvgIpc) is 2.56. The average molecular weight is 447 g/mol.